The average molecular weight is 221 g/mol. The van der Waals surface area contributed by atoms with Crippen LogP contribution in [0.3, 0.4) is 0 Å². The van der Waals surface area contributed by atoms with Crippen LogP contribution in [0.15, 0.2) is 0 Å². The van der Waals surface area contributed by atoms with E-state index >= 15 is 0 Å². The molecule has 0 aromatic rings. The van der Waals surface area contributed by atoms with Gasteiger partial charge >= 0.3 is 5.97 Å². The highest BCUT2D eigenvalue weighted by atomic mass is 19.3. The Morgan fingerprint density at radius 3 is 2.67 bits per heavy atom. The topological polar surface area (TPSA) is 52.3 Å². The number of rotatable bonds is 6. The van der Waals surface area contributed by atoms with Gasteiger partial charge in [0.15, 0.2) is 0 Å². The van der Waals surface area contributed by atoms with Crippen molar-refractivity contribution in [1.29, 1.82) is 0 Å². The Bertz CT molecular complexity index is 229. The van der Waals surface area contributed by atoms with Crippen LogP contribution in [0, 0.1) is 5.92 Å². The average Bonchev–Trinajstić information content (AvgIpc) is 2.86. The van der Waals surface area contributed by atoms with E-state index in [4.69, 9.17) is 5.73 Å². The van der Waals surface area contributed by atoms with Crippen molar-refractivity contribution in [3.8, 4) is 0 Å². The number of halogens is 2. The Morgan fingerprint density at radius 1 is 1.60 bits per heavy atom. The maximum Gasteiger partial charge on any atom is 0.323 e. The minimum absolute atomic E-state index is 0.120. The number of esters is 1. The zero-order chi connectivity index (χ0) is 11.5. The maximum absolute atomic E-state index is 13.3. The number of hydrogen-bond donors (Lipinski definition) is 1. The molecule has 0 radical (unpaired) electrons. The third kappa shape index (κ3) is 4.55. The Labute approximate surface area is 88.0 Å². The summed E-state index contributed by atoms with van der Waals surface area (Å²) in [5.74, 6) is -3.46. The van der Waals surface area contributed by atoms with Crippen molar-refractivity contribution >= 4 is 5.97 Å². The quantitative estimate of drug-likeness (QED) is 0.694. The first-order valence-electron chi connectivity index (χ1n) is 5.24. The van der Waals surface area contributed by atoms with Crippen molar-refractivity contribution in [3.05, 3.63) is 0 Å². The van der Waals surface area contributed by atoms with E-state index < -0.39 is 24.4 Å². The molecule has 1 saturated carbocycles. The van der Waals surface area contributed by atoms with Gasteiger partial charge in [-0.1, -0.05) is 0 Å². The molecule has 1 unspecified atom stereocenters. The Hall–Kier alpha value is -0.710. The van der Waals surface area contributed by atoms with Crippen LogP contribution in [0.1, 0.15) is 32.6 Å². The van der Waals surface area contributed by atoms with Crippen molar-refractivity contribution in [2.45, 2.75) is 44.6 Å². The number of carbonyl (C=O) groups excluding carboxylic acids is 1. The molecular formula is C10H17F2NO2. The van der Waals surface area contributed by atoms with Gasteiger partial charge in [-0.05, 0) is 25.7 Å². The second-order valence-electron chi connectivity index (χ2n) is 4.07. The van der Waals surface area contributed by atoms with Gasteiger partial charge in [-0.3, -0.25) is 4.79 Å². The van der Waals surface area contributed by atoms with Crippen molar-refractivity contribution in [2.24, 2.45) is 11.7 Å². The van der Waals surface area contributed by atoms with Crippen LogP contribution in [0.2, 0.25) is 0 Å². The summed E-state index contributed by atoms with van der Waals surface area (Å²) >= 11 is 0. The summed E-state index contributed by atoms with van der Waals surface area (Å²) in [6.07, 6.45) is 0.969. The summed E-state index contributed by atoms with van der Waals surface area (Å²) < 4.78 is 31.1. The normalized spacial score (nSPS) is 18.7. The molecule has 0 aromatic carbocycles. The number of carbonyl (C=O) groups is 1. The lowest BCUT2D eigenvalue weighted by atomic mass is 10.0. The minimum atomic E-state index is -2.84. The molecule has 1 rings (SSSR count). The molecule has 0 bridgehead atoms. The number of ether oxygens (including phenoxy) is 1. The fraction of sp³-hybridized carbons (Fsp3) is 0.900. The van der Waals surface area contributed by atoms with Gasteiger partial charge in [-0.2, -0.15) is 0 Å². The summed E-state index contributed by atoms with van der Waals surface area (Å²) in [5, 5.41) is 0. The van der Waals surface area contributed by atoms with Gasteiger partial charge in [0.25, 0.3) is 5.92 Å². The van der Waals surface area contributed by atoms with E-state index in [1.165, 1.54) is 0 Å². The molecule has 15 heavy (non-hydrogen) atoms. The van der Waals surface area contributed by atoms with Gasteiger partial charge in [0.2, 0.25) is 0 Å². The molecule has 0 saturated heterocycles. The van der Waals surface area contributed by atoms with Crippen LogP contribution in [-0.4, -0.2) is 24.5 Å². The first kappa shape index (κ1) is 12.4. The Morgan fingerprint density at radius 2 is 2.20 bits per heavy atom. The van der Waals surface area contributed by atoms with Crippen molar-refractivity contribution in [1.82, 2.24) is 0 Å². The molecule has 0 amide bonds. The standard InChI is InChI=1S/C10H17F2NO2/c1-2-15-9(14)8(13)6-10(11,12)5-7-3-4-7/h7-8H,2-6,13H2,1H3. The molecule has 3 nitrogen and oxygen atoms in total. The Balaban J connectivity index is 2.33. The van der Waals surface area contributed by atoms with Crippen LogP contribution in [0.5, 0.6) is 0 Å². The third-order valence-corrected chi connectivity index (χ3v) is 2.39. The Kier molecular flexibility index (Phi) is 4.02. The number of hydrogen-bond acceptors (Lipinski definition) is 3. The highest BCUT2D eigenvalue weighted by Gasteiger charge is 2.39. The molecule has 2 N–H and O–H groups in total. The van der Waals surface area contributed by atoms with Crippen molar-refractivity contribution < 1.29 is 18.3 Å². The van der Waals surface area contributed by atoms with Crippen molar-refractivity contribution in [2.75, 3.05) is 6.61 Å². The van der Waals surface area contributed by atoms with E-state index in [2.05, 4.69) is 4.74 Å². The summed E-state index contributed by atoms with van der Waals surface area (Å²) in [6, 6.07) is -1.21. The molecule has 1 atom stereocenters. The molecular weight excluding hydrogens is 204 g/mol. The molecule has 0 aromatic heterocycles. The lowest BCUT2D eigenvalue weighted by molar-refractivity contribution is -0.147. The van der Waals surface area contributed by atoms with E-state index in [-0.39, 0.29) is 18.9 Å². The van der Waals surface area contributed by atoms with Crippen LogP contribution in [0.4, 0.5) is 8.78 Å². The van der Waals surface area contributed by atoms with Crippen molar-refractivity contribution in [3.63, 3.8) is 0 Å². The SMILES string of the molecule is CCOC(=O)C(N)CC(F)(F)CC1CC1. The number of alkyl halides is 2. The van der Waals surface area contributed by atoms with E-state index in [1.54, 1.807) is 6.92 Å². The summed E-state index contributed by atoms with van der Waals surface area (Å²) in [5.41, 5.74) is 5.33. The predicted octanol–water partition coefficient (Wildman–Crippen LogP) is 1.70. The van der Waals surface area contributed by atoms with Crippen LogP contribution >= 0.6 is 0 Å². The summed E-state index contributed by atoms with van der Waals surface area (Å²) in [7, 11) is 0. The fourth-order valence-electron chi connectivity index (χ4n) is 1.48. The smallest absolute Gasteiger partial charge is 0.323 e. The molecule has 1 fully saturated rings. The van der Waals surface area contributed by atoms with Gasteiger partial charge in [0, 0.05) is 12.8 Å². The minimum Gasteiger partial charge on any atom is -0.465 e. The largest absolute Gasteiger partial charge is 0.465 e. The van der Waals surface area contributed by atoms with Crippen LogP contribution in [-0.2, 0) is 9.53 Å². The van der Waals surface area contributed by atoms with E-state index in [0.29, 0.717) is 0 Å². The molecule has 88 valence electrons. The lowest BCUT2D eigenvalue weighted by Crippen LogP contribution is -2.38. The molecule has 1 aliphatic rings. The third-order valence-electron chi connectivity index (χ3n) is 2.39. The number of nitrogens with two attached hydrogens (primary N) is 1. The van der Waals surface area contributed by atoms with Crippen LogP contribution in [0.25, 0.3) is 0 Å². The maximum atomic E-state index is 13.3. The summed E-state index contributed by atoms with van der Waals surface area (Å²) in [6.45, 7) is 1.79. The molecule has 5 heteroatoms. The van der Waals surface area contributed by atoms with Gasteiger partial charge in [-0.25, -0.2) is 8.78 Å². The molecule has 0 aliphatic heterocycles. The molecule has 0 spiro atoms. The highest BCUT2D eigenvalue weighted by Crippen LogP contribution is 2.40. The van der Waals surface area contributed by atoms with Gasteiger partial charge < -0.3 is 10.5 Å². The van der Waals surface area contributed by atoms with Gasteiger partial charge in [0.1, 0.15) is 6.04 Å². The van der Waals surface area contributed by atoms with E-state index in [1.807, 2.05) is 0 Å². The first-order chi connectivity index (χ1) is 6.94. The first-order valence-corrected chi connectivity index (χ1v) is 5.24. The zero-order valence-corrected chi connectivity index (χ0v) is 8.84. The predicted molar refractivity (Wildman–Crippen MR) is 51.5 cm³/mol. The summed E-state index contributed by atoms with van der Waals surface area (Å²) in [4.78, 5) is 11.0. The van der Waals surface area contributed by atoms with E-state index in [9.17, 15) is 13.6 Å². The second kappa shape index (κ2) is 4.88. The highest BCUT2D eigenvalue weighted by molar-refractivity contribution is 5.75. The monoisotopic (exact) mass is 221 g/mol. The molecule has 0 heterocycles. The van der Waals surface area contributed by atoms with Crippen LogP contribution < -0.4 is 5.73 Å². The van der Waals surface area contributed by atoms with Gasteiger partial charge in [0.05, 0.1) is 6.61 Å². The second-order valence-corrected chi connectivity index (χ2v) is 4.07. The lowest BCUT2D eigenvalue weighted by Gasteiger charge is -2.19. The fourth-order valence-corrected chi connectivity index (χ4v) is 1.48. The van der Waals surface area contributed by atoms with Gasteiger partial charge in [-0.15, -0.1) is 0 Å². The zero-order valence-electron chi connectivity index (χ0n) is 8.84. The molecule has 1 aliphatic carbocycles. The van der Waals surface area contributed by atoms with E-state index in [0.717, 1.165) is 12.8 Å².